The number of thioether (sulfide) groups is 1. The lowest BCUT2D eigenvalue weighted by atomic mass is 10.1. The molecule has 0 bridgehead atoms. The molecular formula is C18H30N4O8S. The summed E-state index contributed by atoms with van der Waals surface area (Å²) in [6.07, 6.45) is 2.85. The zero-order valence-electron chi connectivity index (χ0n) is 17.3. The number of carbonyl (C=O) groups is 5. The molecule has 1 saturated heterocycles. The first kappa shape index (κ1) is 26.7. The number of aliphatic hydroxyl groups is 1. The lowest BCUT2D eigenvalue weighted by Gasteiger charge is -2.24. The van der Waals surface area contributed by atoms with Crippen molar-refractivity contribution in [2.24, 2.45) is 0 Å². The Morgan fingerprint density at radius 3 is 2.10 bits per heavy atom. The Morgan fingerprint density at radius 1 is 1.00 bits per heavy atom. The molecule has 0 aliphatic carbocycles. The maximum absolute atomic E-state index is 12.8. The quantitative estimate of drug-likeness (QED) is 0.150. The van der Waals surface area contributed by atoms with Crippen LogP contribution in [0.1, 0.15) is 32.1 Å². The van der Waals surface area contributed by atoms with Crippen molar-refractivity contribution in [1.82, 2.24) is 21.3 Å². The number of hydrogen-bond acceptors (Lipinski definition) is 8. The minimum Gasteiger partial charge on any atom is -0.481 e. The van der Waals surface area contributed by atoms with Crippen LogP contribution in [0.3, 0.4) is 0 Å². The van der Waals surface area contributed by atoms with E-state index in [0.717, 1.165) is 6.42 Å². The van der Waals surface area contributed by atoms with E-state index in [-0.39, 0.29) is 18.7 Å². The number of carbonyl (C=O) groups excluding carboxylic acids is 3. The lowest BCUT2D eigenvalue weighted by Crippen LogP contribution is -2.57. The van der Waals surface area contributed by atoms with Gasteiger partial charge in [-0.3, -0.25) is 19.2 Å². The van der Waals surface area contributed by atoms with Crippen molar-refractivity contribution in [3.05, 3.63) is 0 Å². The number of nitrogens with one attached hydrogen (secondary N) is 4. The van der Waals surface area contributed by atoms with Crippen molar-refractivity contribution < 1.29 is 39.3 Å². The molecule has 176 valence electrons. The van der Waals surface area contributed by atoms with Crippen LogP contribution in [0, 0.1) is 0 Å². The van der Waals surface area contributed by atoms with Gasteiger partial charge in [0.05, 0.1) is 12.6 Å². The molecule has 0 aromatic heterocycles. The van der Waals surface area contributed by atoms with Crippen molar-refractivity contribution >= 4 is 41.4 Å². The lowest BCUT2D eigenvalue weighted by molar-refractivity contribution is -0.144. The summed E-state index contributed by atoms with van der Waals surface area (Å²) in [5.74, 6) is -4.09. The summed E-state index contributed by atoms with van der Waals surface area (Å²) in [4.78, 5) is 59.6. The van der Waals surface area contributed by atoms with E-state index >= 15 is 0 Å². The van der Waals surface area contributed by atoms with Crippen LogP contribution in [0.5, 0.6) is 0 Å². The smallest absolute Gasteiger partial charge is 0.328 e. The number of aliphatic carboxylic acids is 2. The molecular weight excluding hydrogens is 432 g/mol. The highest BCUT2D eigenvalue weighted by atomic mass is 32.2. The molecule has 0 aromatic rings. The van der Waals surface area contributed by atoms with Gasteiger partial charge in [0, 0.05) is 6.42 Å². The van der Waals surface area contributed by atoms with Crippen LogP contribution in [-0.4, -0.2) is 94.3 Å². The number of amides is 3. The van der Waals surface area contributed by atoms with Crippen molar-refractivity contribution in [2.45, 2.75) is 56.3 Å². The molecule has 1 aliphatic heterocycles. The van der Waals surface area contributed by atoms with Gasteiger partial charge in [0.25, 0.3) is 0 Å². The topological polar surface area (TPSA) is 194 Å². The molecule has 4 unspecified atom stereocenters. The summed E-state index contributed by atoms with van der Waals surface area (Å²) < 4.78 is 0. The fourth-order valence-corrected chi connectivity index (χ4v) is 3.42. The van der Waals surface area contributed by atoms with Gasteiger partial charge in [0.1, 0.15) is 18.1 Å². The number of aliphatic hydroxyl groups excluding tert-OH is 1. The molecule has 0 radical (unpaired) electrons. The van der Waals surface area contributed by atoms with Crippen LogP contribution in [0.2, 0.25) is 0 Å². The summed E-state index contributed by atoms with van der Waals surface area (Å²) in [5.41, 5.74) is 0. The molecule has 0 saturated carbocycles. The maximum atomic E-state index is 12.8. The summed E-state index contributed by atoms with van der Waals surface area (Å²) in [6.45, 7) is -0.172. The zero-order chi connectivity index (χ0) is 23.4. The van der Waals surface area contributed by atoms with Crippen LogP contribution in [-0.2, 0) is 24.0 Å². The van der Waals surface area contributed by atoms with Crippen molar-refractivity contribution in [1.29, 1.82) is 0 Å². The van der Waals surface area contributed by atoms with Crippen LogP contribution >= 0.6 is 11.8 Å². The first-order valence-electron chi connectivity index (χ1n) is 9.88. The third kappa shape index (κ3) is 9.53. The molecule has 12 nitrogen and oxygen atoms in total. The van der Waals surface area contributed by atoms with Gasteiger partial charge >= 0.3 is 11.9 Å². The number of carboxylic acid groups (broad SMARTS) is 2. The summed E-state index contributed by atoms with van der Waals surface area (Å²) >= 11 is 1.46. The highest BCUT2D eigenvalue weighted by Crippen LogP contribution is 2.08. The SMILES string of the molecule is CSCCC(NC(=O)C1CCCN1)C(=O)NC(CCC(=O)O)C(=O)NC(CO)C(=O)O. The average Bonchev–Trinajstić information content (AvgIpc) is 3.26. The van der Waals surface area contributed by atoms with Crippen LogP contribution in [0.25, 0.3) is 0 Å². The predicted molar refractivity (Wildman–Crippen MR) is 111 cm³/mol. The number of rotatable bonds is 14. The first-order valence-corrected chi connectivity index (χ1v) is 11.3. The molecule has 13 heteroatoms. The second-order valence-corrected chi connectivity index (χ2v) is 8.05. The molecule has 1 aliphatic rings. The molecule has 0 aromatic carbocycles. The standard InChI is InChI=1S/C18H30N4O8S/c1-31-8-6-12(21-15(26)10-3-2-7-19-10)17(28)20-11(4-5-14(24)25)16(27)22-13(9-23)18(29)30/h10-13,19,23H,2-9H2,1H3,(H,20,28)(H,21,26)(H,22,27)(H,24,25)(H,29,30). The van der Waals surface area contributed by atoms with Gasteiger partial charge in [-0.05, 0) is 44.2 Å². The molecule has 7 N–H and O–H groups in total. The average molecular weight is 463 g/mol. The monoisotopic (exact) mass is 462 g/mol. The van der Waals surface area contributed by atoms with Crippen LogP contribution in [0.4, 0.5) is 0 Å². The predicted octanol–water partition coefficient (Wildman–Crippen LogP) is -2.11. The van der Waals surface area contributed by atoms with E-state index in [0.29, 0.717) is 18.7 Å². The largest absolute Gasteiger partial charge is 0.481 e. The summed E-state index contributed by atoms with van der Waals surface area (Å²) in [5, 5.41) is 37.1. The normalized spacial score (nSPS) is 18.5. The highest BCUT2D eigenvalue weighted by Gasteiger charge is 2.31. The Hall–Kier alpha value is -2.38. The van der Waals surface area contributed by atoms with E-state index < -0.39 is 60.9 Å². The van der Waals surface area contributed by atoms with E-state index in [2.05, 4.69) is 21.3 Å². The Kier molecular flexibility index (Phi) is 11.9. The Bertz CT molecular complexity index is 656. The van der Waals surface area contributed by atoms with E-state index in [4.69, 9.17) is 15.3 Å². The zero-order valence-corrected chi connectivity index (χ0v) is 18.1. The highest BCUT2D eigenvalue weighted by molar-refractivity contribution is 7.98. The minimum atomic E-state index is -1.60. The first-order chi connectivity index (χ1) is 14.7. The fourth-order valence-electron chi connectivity index (χ4n) is 2.95. The summed E-state index contributed by atoms with van der Waals surface area (Å²) in [6, 6.07) is -4.31. The van der Waals surface area contributed by atoms with Gasteiger partial charge in [0.15, 0.2) is 0 Å². The summed E-state index contributed by atoms with van der Waals surface area (Å²) in [7, 11) is 0. The van der Waals surface area contributed by atoms with Gasteiger partial charge in [-0.25, -0.2) is 4.79 Å². The van der Waals surface area contributed by atoms with E-state index in [1.54, 1.807) is 0 Å². The second kappa shape index (κ2) is 13.8. The van der Waals surface area contributed by atoms with E-state index in [9.17, 15) is 24.0 Å². The number of carboxylic acids is 2. The Morgan fingerprint density at radius 2 is 1.61 bits per heavy atom. The van der Waals surface area contributed by atoms with Gasteiger partial charge in [-0.2, -0.15) is 11.8 Å². The minimum absolute atomic E-state index is 0.285. The maximum Gasteiger partial charge on any atom is 0.328 e. The third-order valence-electron chi connectivity index (χ3n) is 4.70. The van der Waals surface area contributed by atoms with E-state index in [1.165, 1.54) is 11.8 Å². The molecule has 1 rings (SSSR count). The number of hydrogen-bond donors (Lipinski definition) is 7. The molecule has 3 amide bonds. The third-order valence-corrected chi connectivity index (χ3v) is 5.34. The fraction of sp³-hybridized carbons (Fsp3) is 0.722. The Balaban J connectivity index is 2.87. The van der Waals surface area contributed by atoms with Gasteiger partial charge in [-0.1, -0.05) is 0 Å². The van der Waals surface area contributed by atoms with Crippen molar-refractivity contribution in [2.75, 3.05) is 25.2 Å². The molecule has 4 atom stereocenters. The van der Waals surface area contributed by atoms with E-state index in [1.807, 2.05) is 6.26 Å². The molecule has 1 heterocycles. The van der Waals surface area contributed by atoms with Crippen molar-refractivity contribution in [3.8, 4) is 0 Å². The van der Waals surface area contributed by atoms with Crippen LogP contribution in [0.15, 0.2) is 0 Å². The molecule has 1 fully saturated rings. The van der Waals surface area contributed by atoms with Gasteiger partial charge in [-0.15, -0.1) is 0 Å². The Labute approximate surface area is 183 Å². The molecule has 31 heavy (non-hydrogen) atoms. The van der Waals surface area contributed by atoms with Gasteiger partial charge < -0.3 is 36.6 Å². The van der Waals surface area contributed by atoms with Crippen molar-refractivity contribution in [3.63, 3.8) is 0 Å². The second-order valence-electron chi connectivity index (χ2n) is 7.07. The molecule has 0 spiro atoms. The van der Waals surface area contributed by atoms with Gasteiger partial charge in [0.2, 0.25) is 17.7 Å². The van der Waals surface area contributed by atoms with Crippen LogP contribution < -0.4 is 21.3 Å².